The van der Waals surface area contributed by atoms with Gasteiger partial charge in [-0.15, -0.1) is 0 Å². The average Bonchev–Trinajstić information content (AvgIpc) is 4.12. The van der Waals surface area contributed by atoms with Crippen molar-refractivity contribution in [2.75, 3.05) is 55.8 Å². The van der Waals surface area contributed by atoms with Crippen LogP contribution in [0.3, 0.4) is 0 Å². The first-order valence-corrected chi connectivity index (χ1v) is 25.0. The molecule has 5 aliphatic heterocycles. The van der Waals surface area contributed by atoms with Crippen LogP contribution in [-0.2, 0) is 61.8 Å². The van der Waals surface area contributed by atoms with E-state index in [9.17, 15) is 42.7 Å². The Bertz CT molecular complexity index is 3420. The number of esters is 1. The summed E-state index contributed by atoms with van der Waals surface area (Å²) in [6.07, 6.45) is -7.43. The van der Waals surface area contributed by atoms with Crippen LogP contribution in [0.2, 0.25) is 0 Å². The molecule has 0 aliphatic carbocycles. The largest absolute Gasteiger partial charge is 0.462 e. The molecular formula is C53H53F5N10O9. The van der Waals surface area contributed by atoms with Crippen LogP contribution in [0.5, 0.6) is 6.01 Å². The lowest BCUT2D eigenvalue weighted by Gasteiger charge is -2.42. The molecule has 0 bridgehead atoms. The van der Waals surface area contributed by atoms with Crippen molar-refractivity contribution >= 4 is 46.1 Å². The Balaban J connectivity index is 0.840. The molecule has 24 heteroatoms. The van der Waals surface area contributed by atoms with E-state index in [1.165, 1.54) is 35.4 Å². The van der Waals surface area contributed by atoms with Crippen LogP contribution >= 0.6 is 0 Å². The third-order valence-electron chi connectivity index (χ3n) is 15.3. The standard InChI is InChI=1S/C53H53F5N10O9/c1-6-52(73)34-17-40-45-29(20-68(40)48(70)32(34)23-75-49(52)71)15-28-16-39(35(54)18-37(28)61-45)63-51(72)77-27(4)26(3)47(69)67-13-12-66(21-30(67)9-10-59)46-33-24-74-41(42-43(53(56,57)58)25(2)14-36(60)44(42)55)19-38(33)62-50(64-46)76-22-31-8-7-11-65(31)5/h14-18,27,30-31,41,73H,3,6-9,11-13,19-24,60H2,1-2,4-5H3,(H,63,72)/t27-,30+,31+,41-,52+/m1/s1. The first-order valence-electron chi connectivity index (χ1n) is 25.0. The Labute approximate surface area is 437 Å². The number of carbonyl (C=O) groups excluding carboxylic acids is 3. The molecule has 2 aromatic carbocycles. The molecule has 10 rings (SSSR count). The van der Waals surface area contributed by atoms with Gasteiger partial charge in [0.25, 0.3) is 11.5 Å². The number of ether oxygens (including phenoxy) is 4. The van der Waals surface area contributed by atoms with E-state index in [2.05, 4.69) is 32.8 Å². The SMILES string of the molecule is C=C(C(=O)N1CCN(c2nc(OC[C@@H]3CCCN3C)nc3c2CO[C@@H](c2c(F)c(N)cc(C)c2C(F)(F)F)C3)C[C@@H]1CC#N)[C@@H](C)OC(=O)Nc1cc2cc3c(nc2cc1F)-c1cc2c(c(=O)n1C3)COC(=O)[C@]2(O)CC. The van der Waals surface area contributed by atoms with Crippen LogP contribution in [0, 0.1) is 29.9 Å². The molecule has 4 N–H and O–H groups in total. The molecule has 5 atom stereocenters. The summed E-state index contributed by atoms with van der Waals surface area (Å²) in [4.78, 5) is 73.1. The predicted octanol–water partition coefficient (Wildman–Crippen LogP) is 6.47. The number of cyclic esters (lactones) is 1. The van der Waals surface area contributed by atoms with Gasteiger partial charge in [-0.05, 0) is 76.5 Å². The highest BCUT2D eigenvalue weighted by Crippen LogP contribution is 2.45. The van der Waals surface area contributed by atoms with Crippen molar-refractivity contribution in [3.8, 4) is 23.5 Å². The van der Waals surface area contributed by atoms with Gasteiger partial charge in [-0.1, -0.05) is 13.5 Å². The van der Waals surface area contributed by atoms with Crippen molar-refractivity contribution < 1.29 is 60.4 Å². The second-order valence-corrected chi connectivity index (χ2v) is 20.0. The van der Waals surface area contributed by atoms with Crippen LogP contribution in [0.15, 0.2) is 47.3 Å². The number of hydrogen-bond acceptors (Lipinski definition) is 16. The van der Waals surface area contributed by atoms with Crippen molar-refractivity contribution in [3.05, 3.63) is 109 Å². The number of amides is 2. The van der Waals surface area contributed by atoms with Crippen LogP contribution in [0.1, 0.15) is 90.3 Å². The van der Waals surface area contributed by atoms with Gasteiger partial charge in [0.15, 0.2) is 11.4 Å². The number of aryl methyl sites for hydroxylation is 1. The normalized spacial score (nSPS) is 21.4. The molecule has 5 aromatic rings. The van der Waals surface area contributed by atoms with E-state index < -0.39 is 82.0 Å². The van der Waals surface area contributed by atoms with Gasteiger partial charge in [0.2, 0.25) is 0 Å². The highest BCUT2D eigenvalue weighted by Gasteiger charge is 2.46. The number of rotatable bonds is 11. The number of anilines is 3. The number of halogens is 5. The van der Waals surface area contributed by atoms with Crippen molar-refractivity contribution in [1.29, 1.82) is 5.26 Å². The summed E-state index contributed by atoms with van der Waals surface area (Å²) >= 11 is 0. The van der Waals surface area contributed by atoms with E-state index in [0.29, 0.717) is 33.7 Å². The van der Waals surface area contributed by atoms with E-state index in [0.717, 1.165) is 31.5 Å². The number of alkyl halides is 3. The number of aliphatic hydroxyl groups is 1. The number of benzene rings is 2. The lowest BCUT2D eigenvalue weighted by Crippen LogP contribution is -2.56. The minimum atomic E-state index is -4.93. The molecule has 77 heavy (non-hydrogen) atoms. The van der Waals surface area contributed by atoms with Crippen molar-refractivity contribution in [3.63, 3.8) is 0 Å². The summed E-state index contributed by atoms with van der Waals surface area (Å²) in [6, 6.07) is 7.89. The monoisotopic (exact) mass is 1070 g/mol. The van der Waals surface area contributed by atoms with Gasteiger partial charge in [0.1, 0.15) is 31.0 Å². The number of piperazine rings is 1. The van der Waals surface area contributed by atoms with E-state index in [1.807, 2.05) is 7.05 Å². The summed E-state index contributed by atoms with van der Waals surface area (Å²) < 4.78 is 99.1. The number of nitriles is 1. The number of nitrogens with two attached hydrogens (primary N) is 1. The maximum absolute atomic E-state index is 15.7. The number of likely N-dealkylation sites (tertiary alicyclic amines) is 1. The molecule has 2 fully saturated rings. The van der Waals surface area contributed by atoms with Crippen LogP contribution in [-0.4, -0.2) is 110 Å². The summed E-state index contributed by atoms with van der Waals surface area (Å²) in [5.41, 5.74) is 2.63. The lowest BCUT2D eigenvalue weighted by atomic mass is 9.86. The molecule has 0 saturated carbocycles. The Morgan fingerprint density at radius 2 is 1.86 bits per heavy atom. The molecule has 0 spiro atoms. The van der Waals surface area contributed by atoms with E-state index in [4.69, 9.17) is 29.7 Å². The number of nitrogens with zero attached hydrogens (tertiary/aromatic N) is 8. The Kier molecular flexibility index (Phi) is 13.7. The minimum absolute atomic E-state index is 0.00822. The third-order valence-corrected chi connectivity index (χ3v) is 15.3. The zero-order chi connectivity index (χ0) is 55.0. The van der Waals surface area contributed by atoms with Gasteiger partial charge < -0.3 is 49.1 Å². The highest BCUT2D eigenvalue weighted by molar-refractivity contribution is 5.96. The molecular weight excluding hydrogens is 1020 g/mol. The van der Waals surface area contributed by atoms with Gasteiger partial charge in [-0.25, -0.2) is 23.4 Å². The summed E-state index contributed by atoms with van der Waals surface area (Å²) in [5.74, 6) is -3.34. The number of fused-ring (bicyclic) bond motifs is 6. The number of pyridine rings is 2. The number of likely N-dealkylation sites (N-methyl/N-ethyl adjacent to an activating group) is 1. The maximum atomic E-state index is 15.7. The predicted molar refractivity (Wildman–Crippen MR) is 266 cm³/mol. The number of hydrogen-bond donors (Lipinski definition) is 3. The summed E-state index contributed by atoms with van der Waals surface area (Å²) in [5, 5.41) is 24.0. The lowest BCUT2D eigenvalue weighted by molar-refractivity contribution is -0.172. The minimum Gasteiger partial charge on any atom is -0.462 e. The Morgan fingerprint density at radius 3 is 2.57 bits per heavy atom. The number of nitrogens with one attached hydrogen (secondary N) is 1. The second kappa shape index (κ2) is 20.0. The summed E-state index contributed by atoms with van der Waals surface area (Å²) in [6.45, 7) is 8.79. The molecule has 3 aromatic heterocycles. The van der Waals surface area contributed by atoms with Crippen LogP contribution < -0.4 is 26.2 Å². The van der Waals surface area contributed by atoms with Gasteiger partial charge in [-0.3, -0.25) is 14.9 Å². The smallest absolute Gasteiger partial charge is 0.417 e. The van der Waals surface area contributed by atoms with E-state index in [-0.39, 0.29) is 116 Å². The van der Waals surface area contributed by atoms with Crippen molar-refractivity contribution in [1.82, 2.24) is 29.3 Å². The highest BCUT2D eigenvalue weighted by atomic mass is 19.4. The fourth-order valence-electron chi connectivity index (χ4n) is 11.1. The molecule has 0 unspecified atom stereocenters. The molecule has 404 valence electrons. The zero-order valence-electron chi connectivity index (χ0n) is 42.4. The molecule has 2 saturated heterocycles. The average molecular weight is 1070 g/mol. The maximum Gasteiger partial charge on any atom is 0.417 e. The first-order chi connectivity index (χ1) is 36.6. The van der Waals surface area contributed by atoms with Gasteiger partial charge in [0.05, 0.1) is 88.5 Å². The van der Waals surface area contributed by atoms with Gasteiger partial charge in [-0.2, -0.15) is 28.4 Å². The first kappa shape index (κ1) is 52.7. The molecule has 2 amide bonds. The van der Waals surface area contributed by atoms with Crippen LogP contribution in [0.4, 0.5) is 43.9 Å². The van der Waals surface area contributed by atoms with E-state index in [1.54, 1.807) is 17.9 Å². The van der Waals surface area contributed by atoms with Gasteiger partial charge in [0, 0.05) is 65.8 Å². The summed E-state index contributed by atoms with van der Waals surface area (Å²) in [7, 11) is 1.96. The van der Waals surface area contributed by atoms with E-state index >= 15 is 8.78 Å². The number of aromatic nitrogens is 4. The van der Waals surface area contributed by atoms with Crippen molar-refractivity contribution in [2.24, 2.45) is 0 Å². The topological polar surface area (TPSA) is 241 Å². The Hall–Kier alpha value is -7.75. The molecule has 5 aliphatic rings. The molecule has 0 radical (unpaired) electrons. The quantitative estimate of drug-likeness (QED) is 0.0545. The third kappa shape index (κ3) is 9.43. The number of nitrogen functional groups attached to an aromatic ring is 1. The Morgan fingerprint density at radius 1 is 1.08 bits per heavy atom. The van der Waals surface area contributed by atoms with Gasteiger partial charge >= 0.3 is 24.2 Å². The molecule has 19 nitrogen and oxygen atoms in total. The van der Waals surface area contributed by atoms with Crippen molar-refractivity contribution in [2.45, 2.75) is 109 Å². The second-order valence-electron chi connectivity index (χ2n) is 20.0. The number of carbonyl (C=O) groups is 3. The zero-order valence-corrected chi connectivity index (χ0v) is 42.4. The molecule has 8 heterocycles. The fourth-order valence-corrected chi connectivity index (χ4v) is 11.1. The van der Waals surface area contributed by atoms with Crippen LogP contribution in [0.25, 0.3) is 22.3 Å². The fraction of sp³-hybridized carbons (Fsp3) is 0.434.